The maximum atomic E-state index is 13.1. The Morgan fingerprint density at radius 3 is 2.48 bits per heavy atom. The molecule has 1 amide bonds. The molecule has 1 N–H and O–H groups in total. The summed E-state index contributed by atoms with van der Waals surface area (Å²) in [5.41, 5.74) is 0.381. The first-order valence-electron chi connectivity index (χ1n) is 11.1. The summed E-state index contributed by atoms with van der Waals surface area (Å²) >= 11 is 0. The highest BCUT2D eigenvalue weighted by atomic mass is 16.6. The third-order valence-electron chi connectivity index (χ3n) is 6.15. The Kier molecular flexibility index (Phi) is 5.82. The quantitative estimate of drug-likeness (QED) is 0.417. The number of ketones is 1. The van der Waals surface area contributed by atoms with Crippen molar-refractivity contribution in [3.8, 4) is 11.5 Å². The second-order valence-corrected chi connectivity index (χ2v) is 8.25. The van der Waals surface area contributed by atoms with Gasteiger partial charge >= 0.3 is 0 Å². The second kappa shape index (κ2) is 8.92. The van der Waals surface area contributed by atoms with Crippen LogP contribution in [-0.4, -0.2) is 79.2 Å². The fraction of sp³-hybridized carbons (Fsp3) is 0.417. The number of aliphatic hydroxyl groups is 1. The first-order chi connectivity index (χ1) is 16.0. The largest absolute Gasteiger partial charge is 0.507 e. The Morgan fingerprint density at radius 2 is 1.76 bits per heavy atom. The van der Waals surface area contributed by atoms with Crippen LogP contribution in [0.15, 0.2) is 40.3 Å². The van der Waals surface area contributed by atoms with Gasteiger partial charge in [-0.2, -0.15) is 0 Å². The Hall–Kier alpha value is -3.30. The van der Waals surface area contributed by atoms with Gasteiger partial charge < -0.3 is 28.6 Å². The Labute approximate surface area is 191 Å². The third kappa shape index (κ3) is 4.09. The summed E-state index contributed by atoms with van der Waals surface area (Å²) in [7, 11) is 0. The number of amides is 1. The molecule has 0 saturated carbocycles. The molecule has 2 fully saturated rings. The van der Waals surface area contributed by atoms with Crippen LogP contribution in [-0.2, 0) is 14.3 Å². The van der Waals surface area contributed by atoms with Gasteiger partial charge in [-0.15, -0.1) is 0 Å². The molecule has 0 bridgehead atoms. The van der Waals surface area contributed by atoms with Crippen LogP contribution in [0.5, 0.6) is 11.5 Å². The Balaban J connectivity index is 1.51. The number of fused-ring (bicyclic) bond motifs is 1. The van der Waals surface area contributed by atoms with Crippen molar-refractivity contribution < 1.29 is 33.3 Å². The van der Waals surface area contributed by atoms with E-state index in [0.717, 1.165) is 13.1 Å². The van der Waals surface area contributed by atoms with Crippen molar-refractivity contribution >= 4 is 17.4 Å². The van der Waals surface area contributed by atoms with Gasteiger partial charge in [-0.1, -0.05) is 0 Å². The van der Waals surface area contributed by atoms with E-state index in [1.54, 1.807) is 37.3 Å². The topological polar surface area (TPSA) is 102 Å². The molecule has 4 heterocycles. The lowest BCUT2D eigenvalue weighted by atomic mass is 9.99. The van der Waals surface area contributed by atoms with Gasteiger partial charge in [0.25, 0.3) is 11.7 Å². The minimum atomic E-state index is -0.812. The number of rotatable bonds is 5. The number of nitrogens with zero attached hydrogens (tertiary/aromatic N) is 2. The van der Waals surface area contributed by atoms with Crippen LogP contribution in [0.2, 0.25) is 0 Å². The van der Waals surface area contributed by atoms with Crippen LogP contribution in [0.25, 0.3) is 5.76 Å². The lowest BCUT2D eigenvalue weighted by molar-refractivity contribution is -0.140. The zero-order valence-electron chi connectivity index (χ0n) is 18.4. The molecular formula is C24H26N2O7. The van der Waals surface area contributed by atoms with E-state index in [4.69, 9.17) is 18.6 Å². The third-order valence-corrected chi connectivity index (χ3v) is 6.15. The summed E-state index contributed by atoms with van der Waals surface area (Å²) in [4.78, 5) is 29.8. The van der Waals surface area contributed by atoms with E-state index >= 15 is 0 Å². The van der Waals surface area contributed by atoms with E-state index in [-0.39, 0.29) is 11.3 Å². The maximum Gasteiger partial charge on any atom is 0.295 e. The molecule has 0 aliphatic carbocycles. The molecule has 1 unspecified atom stereocenters. The molecule has 1 aromatic heterocycles. The smallest absolute Gasteiger partial charge is 0.295 e. The molecule has 33 heavy (non-hydrogen) atoms. The van der Waals surface area contributed by atoms with Crippen LogP contribution in [0, 0.1) is 6.92 Å². The summed E-state index contributed by atoms with van der Waals surface area (Å²) in [5, 5.41) is 11.2. The minimum Gasteiger partial charge on any atom is -0.507 e. The zero-order valence-corrected chi connectivity index (χ0v) is 18.4. The van der Waals surface area contributed by atoms with Gasteiger partial charge in [0, 0.05) is 31.7 Å². The lowest BCUT2D eigenvalue weighted by Crippen LogP contribution is -2.42. The number of likely N-dealkylation sites (tertiary alicyclic amines) is 1. The predicted molar refractivity (Wildman–Crippen MR) is 117 cm³/mol. The summed E-state index contributed by atoms with van der Waals surface area (Å²) < 4.78 is 22.4. The van der Waals surface area contributed by atoms with Crippen LogP contribution < -0.4 is 9.47 Å². The van der Waals surface area contributed by atoms with E-state index in [2.05, 4.69) is 4.90 Å². The standard InChI is InChI=1S/C24H26N2O7/c1-15-2-4-18(33-15)21-20(22(27)16-3-5-17-19(14-16)32-13-12-31-17)23(28)24(29)26(21)7-6-25-8-10-30-11-9-25/h2-5,14,21,27H,6-13H2,1H3/b22-20-. The van der Waals surface area contributed by atoms with Crippen molar-refractivity contribution in [1.82, 2.24) is 9.80 Å². The predicted octanol–water partition coefficient (Wildman–Crippen LogP) is 2.11. The average molecular weight is 454 g/mol. The SMILES string of the molecule is Cc1ccc(C2/C(=C(/O)c3ccc4c(c3)OCCO4)C(=O)C(=O)N2CCN2CCOCC2)o1. The van der Waals surface area contributed by atoms with Crippen LogP contribution in [0.4, 0.5) is 0 Å². The van der Waals surface area contributed by atoms with Gasteiger partial charge in [0.2, 0.25) is 0 Å². The molecule has 9 heteroatoms. The van der Waals surface area contributed by atoms with Gasteiger partial charge in [-0.25, -0.2) is 0 Å². The summed E-state index contributed by atoms with van der Waals surface area (Å²) in [6.45, 7) is 6.39. The molecule has 2 aromatic rings. The number of benzene rings is 1. The molecule has 9 nitrogen and oxygen atoms in total. The van der Waals surface area contributed by atoms with E-state index < -0.39 is 17.7 Å². The van der Waals surface area contributed by atoms with Gasteiger partial charge in [-0.3, -0.25) is 14.5 Å². The molecular weight excluding hydrogens is 428 g/mol. The van der Waals surface area contributed by atoms with Crippen molar-refractivity contribution in [3.63, 3.8) is 0 Å². The Bertz CT molecular complexity index is 1100. The fourth-order valence-electron chi connectivity index (χ4n) is 4.43. The number of morpholine rings is 1. The first kappa shape index (κ1) is 21.5. The van der Waals surface area contributed by atoms with E-state index in [1.165, 1.54) is 4.90 Å². The zero-order chi connectivity index (χ0) is 22.9. The fourth-order valence-corrected chi connectivity index (χ4v) is 4.43. The van der Waals surface area contributed by atoms with E-state index in [9.17, 15) is 14.7 Å². The number of carbonyl (C=O) groups excluding carboxylic acids is 2. The molecule has 0 radical (unpaired) electrons. The minimum absolute atomic E-state index is 0.00741. The number of carbonyl (C=O) groups is 2. The number of aliphatic hydroxyl groups excluding tert-OH is 1. The normalized spacial score (nSPS) is 22.7. The van der Waals surface area contributed by atoms with Crippen molar-refractivity contribution in [2.24, 2.45) is 0 Å². The molecule has 0 spiro atoms. The second-order valence-electron chi connectivity index (χ2n) is 8.25. The number of hydrogen-bond acceptors (Lipinski definition) is 8. The first-order valence-corrected chi connectivity index (χ1v) is 11.1. The van der Waals surface area contributed by atoms with Gasteiger partial charge in [0.05, 0.1) is 18.8 Å². The molecule has 1 aromatic carbocycles. The van der Waals surface area contributed by atoms with Gasteiger partial charge in [-0.05, 0) is 37.3 Å². The Morgan fingerprint density at radius 1 is 1.00 bits per heavy atom. The highest BCUT2D eigenvalue weighted by Crippen LogP contribution is 2.41. The number of ether oxygens (including phenoxy) is 3. The van der Waals surface area contributed by atoms with Crippen molar-refractivity contribution in [2.45, 2.75) is 13.0 Å². The monoisotopic (exact) mass is 454 g/mol. The number of furan rings is 1. The van der Waals surface area contributed by atoms with Crippen molar-refractivity contribution in [1.29, 1.82) is 0 Å². The van der Waals surface area contributed by atoms with Crippen LogP contribution in [0.3, 0.4) is 0 Å². The molecule has 3 aliphatic rings. The average Bonchev–Trinajstić information content (AvgIpc) is 3.38. The summed E-state index contributed by atoms with van der Waals surface area (Å²) in [6.07, 6.45) is 0. The molecule has 1 atom stereocenters. The molecule has 2 saturated heterocycles. The lowest BCUT2D eigenvalue weighted by Gasteiger charge is -2.30. The highest BCUT2D eigenvalue weighted by molar-refractivity contribution is 6.46. The van der Waals surface area contributed by atoms with Crippen molar-refractivity contribution in [2.75, 3.05) is 52.6 Å². The van der Waals surface area contributed by atoms with Gasteiger partial charge in [0.15, 0.2) is 11.5 Å². The van der Waals surface area contributed by atoms with Crippen LogP contribution >= 0.6 is 0 Å². The number of aryl methyl sites for hydroxylation is 1. The maximum absolute atomic E-state index is 13.1. The molecule has 174 valence electrons. The molecule has 5 rings (SSSR count). The van der Waals surface area contributed by atoms with Crippen LogP contribution in [0.1, 0.15) is 23.1 Å². The number of hydrogen-bond donors (Lipinski definition) is 1. The number of Topliss-reactive ketones (excluding diaryl/α,β-unsaturated/α-hetero) is 1. The molecule has 3 aliphatic heterocycles. The van der Waals surface area contributed by atoms with E-state index in [0.29, 0.717) is 68.1 Å². The summed E-state index contributed by atoms with van der Waals surface area (Å²) in [6, 6.07) is 7.66. The van der Waals surface area contributed by atoms with Gasteiger partial charge in [0.1, 0.15) is 36.5 Å². The summed E-state index contributed by atoms with van der Waals surface area (Å²) in [5.74, 6) is 0.498. The highest BCUT2D eigenvalue weighted by Gasteiger charge is 2.47. The van der Waals surface area contributed by atoms with Crippen molar-refractivity contribution in [3.05, 3.63) is 53.0 Å². The van der Waals surface area contributed by atoms with E-state index in [1.807, 2.05) is 0 Å².